The Hall–Kier alpha value is -1.67. The number of ether oxygens (including phenoxy) is 1. The molecule has 1 aliphatic carbocycles. The van der Waals surface area contributed by atoms with Gasteiger partial charge in [-0.25, -0.2) is 14.8 Å². The minimum absolute atomic E-state index is 0.117. The first kappa shape index (κ1) is 17.2. The molecule has 6 nitrogen and oxygen atoms in total. The van der Waals surface area contributed by atoms with Crippen molar-refractivity contribution < 1.29 is 14.3 Å². The van der Waals surface area contributed by atoms with Gasteiger partial charge in [0, 0.05) is 10.3 Å². The van der Waals surface area contributed by atoms with E-state index in [1.807, 2.05) is 0 Å². The summed E-state index contributed by atoms with van der Waals surface area (Å²) >= 11 is 3.06. The lowest BCUT2D eigenvalue weighted by Gasteiger charge is -2.18. The molecule has 0 saturated heterocycles. The Balaban J connectivity index is 1.75. The summed E-state index contributed by atoms with van der Waals surface area (Å²) in [4.78, 5) is 34.2. The number of fused-ring (bicyclic) bond motifs is 3. The van der Waals surface area contributed by atoms with Crippen LogP contribution in [0, 0.1) is 5.92 Å². The van der Waals surface area contributed by atoms with Crippen molar-refractivity contribution in [1.29, 1.82) is 0 Å². The smallest absolute Gasteiger partial charge is 0.413 e. The van der Waals surface area contributed by atoms with Crippen molar-refractivity contribution in [3.05, 3.63) is 16.8 Å². The van der Waals surface area contributed by atoms with Gasteiger partial charge in [0.1, 0.15) is 16.2 Å². The molecule has 3 rings (SSSR count). The van der Waals surface area contributed by atoms with E-state index >= 15 is 0 Å². The fourth-order valence-electron chi connectivity index (χ4n) is 2.81. The van der Waals surface area contributed by atoms with Crippen LogP contribution >= 0.6 is 23.1 Å². The average molecular weight is 365 g/mol. The summed E-state index contributed by atoms with van der Waals surface area (Å²) in [6.45, 7) is 4.20. The zero-order valence-corrected chi connectivity index (χ0v) is 15.3. The first-order valence-electron chi connectivity index (χ1n) is 7.93. The molecule has 8 heteroatoms. The number of aromatic nitrogens is 2. The lowest BCUT2D eigenvalue weighted by molar-refractivity contribution is -0.117. The van der Waals surface area contributed by atoms with Gasteiger partial charge in [-0.1, -0.05) is 18.7 Å². The van der Waals surface area contributed by atoms with Gasteiger partial charge in [-0.3, -0.25) is 10.1 Å². The van der Waals surface area contributed by atoms with Crippen LogP contribution in [0.5, 0.6) is 0 Å². The number of amides is 2. The molecule has 0 unspecified atom stereocenters. The SMILES string of the molecule is CCOC(=O)NC(=O)CSc1ncnc2sc3c(c12)CC[C@H](C)C3. The van der Waals surface area contributed by atoms with E-state index in [0.29, 0.717) is 5.92 Å². The van der Waals surface area contributed by atoms with Crippen LogP contribution in [0.3, 0.4) is 0 Å². The number of carbonyl (C=O) groups excluding carboxylic acids is 2. The maximum Gasteiger partial charge on any atom is 0.413 e. The molecule has 1 atom stereocenters. The van der Waals surface area contributed by atoms with Gasteiger partial charge in [0.25, 0.3) is 0 Å². The molecule has 0 aromatic carbocycles. The minimum atomic E-state index is -0.710. The Bertz CT molecular complexity index is 775. The van der Waals surface area contributed by atoms with E-state index < -0.39 is 6.09 Å². The minimum Gasteiger partial charge on any atom is -0.450 e. The predicted octanol–water partition coefficient (Wildman–Crippen LogP) is 3.18. The highest BCUT2D eigenvalue weighted by molar-refractivity contribution is 8.00. The van der Waals surface area contributed by atoms with Crippen molar-refractivity contribution in [2.24, 2.45) is 5.92 Å². The van der Waals surface area contributed by atoms with Crippen LogP contribution in [0.15, 0.2) is 11.4 Å². The zero-order valence-electron chi connectivity index (χ0n) is 13.6. The third-order valence-electron chi connectivity index (χ3n) is 3.91. The molecule has 0 radical (unpaired) electrons. The number of hydrogen-bond acceptors (Lipinski definition) is 7. The molecule has 0 spiro atoms. The number of alkyl carbamates (subject to hydrolysis) is 1. The van der Waals surface area contributed by atoms with Crippen molar-refractivity contribution in [1.82, 2.24) is 15.3 Å². The average Bonchev–Trinajstić information content (AvgIpc) is 2.90. The fourth-order valence-corrected chi connectivity index (χ4v) is 5.05. The topological polar surface area (TPSA) is 81.2 Å². The number of hydrogen-bond donors (Lipinski definition) is 1. The normalized spacial score (nSPS) is 16.7. The maximum atomic E-state index is 11.8. The molecule has 24 heavy (non-hydrogen) atoms. The quantitative estimate of drug-likeness (QED) is 0.662. The molecule has 1 aliphatic rings. The number of nitrogens with one attached hydrogen (secondary N) is 1. The second kappa shape index (κ2) is 7.48. The molecular weight excluding hydrogens is 346 g/mol. The van der Waals surface area contributed by atoms with E-state index in [9.17, 15) is 9.59 Å². The number of carbonyl (C=O) groups is 2. The van der Waals surface area contributed by atoms with Gasteiger partial charge in [0.05, 0.1) is 12.4 Å². The van der Waals surface area contributed by atoms with Gasteiger partial charge in [0.15, 0.2) is 0 Å². The molecule has 2 amide bonds. The van der Waals surface area contributed by atoms with Crippen molar-refractivity contribution in [2.45, 2.75) is 38.1 Å². The zero-order chi connectivity index (χ0) is 17.1. The summed E-state index contributed by atoms with van der Waals surface area (Å²) in [5, 5.41) is 4.09. The summed E-state index contributed by atoms with van der Waals surface area (Å²) in [7, 11) is 0. The largest absolute Gasteiger partial charge is 0.450 e. The molecule has 0 saturated carbocycles. The molecule has 128 valence electrons. The van der Waals surface area contributed by atoms with E-state index in [0.717, 1.165) is 28.1 Å². The third-order valence-corrected chi connectivity index (χ3v) is 6.07. The van der Waals surface area contributed by atoms with Gasteiger partial charge in [0.2, 0.25) is 5.91 Å². The van der Waals surface area contributed by atoms with Crippen LogP contribution in [0.25, 0.3) is 10.2 Å². The lowest BCUT2D eigenvalue weighted by Crippen LogP contribution is -2.32. The van der Waals surface area contributed by atoms with Crippen LogP contribution in [0.2, 0.25) is 0 Å². The molecule has 1 N–H and O–H groups in total. The van der Waals surface area contributed by atoms with E-state index in [2.05, 4.69) is 22.2 Å². The molecule has 0 bridgehead atoms. The summed E-state index contributed by atoms with van der Waals surface area (Å²) in [5.41, 5.74) is 1.34. The summed E-state index contributed by atoms with van der Waals surface area (Å²) < 4.78 is 4.70. The van der Waals surface area contributed by atoms with Gasteiger partial charge in [-0.15, -0.1) is 11.3 Å². The van der Waals surface area contributed by atoms with Crippen LogP contribution in [-0.2, 0) is 22.4 Å². The molecule has 2 aromatic rings. The van der Waals surface area contributed by atoms with Gasteiger partial charge < -0.3 is 4.74 Å². The molecule has 2 aromatic heterocycles. The van der Waals surface area contributed by atoms with Crippen molar-refractivity contribution in [3.8, 4) is 0 Å². The van der Waals surface area contributed by atoms with Gasteiger partial charge >= 0.3 is 6.09 Å². The maximum absolute atomic E-state index is 11.8. The number of nitrogens with zero attached hydrogens (tertiary/aromatic N) is 2. The van der Waals surface area contributed by atoms with E-state index in [4.69, 9.17) is 4.74 Å². The number of aryl methyl sites for hydroxylation is 1. The highest BCUT2D eigenvalue weighted by Crippen LogP contribution is 2.40. The number of thioether (sulfide) groups is 1. The van der Waals surface area contributed by atoms with E-state index in [-0.39, 0.29) is 18.3 Å². The Kier molecular flexibility index (Phi) is 5.35. The Morgan fingerprint density at radius 2 is 2.29 bits per heavy atom. The van der Waals surface area contributed by atoms with E-state index in [1.165, 1.54) is 28.6 Å². The second-order valence-electron chi connectivity index (χ2n) is 5.77. The van der Waals surface area contributed by atoms with Crippen LogP contribution < -0.4 is 5.32 Å². The van der Waals surface area contributed by atoms with Crippen LogP contribution in [0.1, 0.15) is 30.7 Å². The Labute approximate surface area is 148 Å². The number of rotatable bonds is 4. The molecule has 2 heterocycles. The van der Waals surface area contributed by atoms with Gasteiger partial charge in [-0.2, -0.15) is 0 Å². The first-order chi connectivity index (χ1) is 11.6. The summed E-state index contributed by atoms with van der Waals surface area (Å²) in [6, 6.07) is 0. The lowest BCUT2D eigenvalue weighted by atomic mass is 9.89. The van der Waals surface area contributed by atoms with Crippen molar-refractivity contribution >= 4 is 45.3 Å². The highest BCUT2D eigenvalue weighted by atomic mass is 32.2. The third kappa shape index (κ3) is 3.70. The van der Waals surface area contributed by atoms with Gasteiger partial charge in [-0.05, 0) is 37.7 Å². The van der Waals surface area contributed by atoms with Crippen molar-refractivity contribution in [2.75, 3.05) is 12.4 Å². The van der Waals surface area contributed by atoms with Crippen molar-refractivity contribution in [3.63, 3.8) is 0 Å². The molecule has 0 fully saturated rings. The predicted molar refractivity (Wildman–Crippen MR) is 94.5 cm³/mol. The molecular formula is C16H19N3O3S2. The standard InChI is InChI=1S/C16H19N3O3S2/c1-3-22-16(21)19-12(20)7-23-14-13-10-5-4-9(2)6-11(10)24-15(13)18-8-17-14/h8-9H,3-7H2,1-2H3,(H,19,20,21)/t9-/m0/s1. The first-order valence-corrected chi connectivity index (χ1v) is 9.73. The highest BCUT2D eigenvalue weighted by Gasteiger charge is 2.23. The van der Waals surface area contributed by atoms with Crippen LogP contribution in [0.4, 0.5) is 4.79 Å². The Morgan fingerprint density at radius 3 is 3.08 bits per heavy atom. The molecule has 0 aliphatic heterocycles. The monoisotopic (exact) mass is 365 g/mol. The fraction of sp³-hybridized carbons (Fsp3) is 0.500. The Morgan fingerprint density at radius 1 is 1.46 bits per heavy atom. The number of imide groups is 1. The second-order valence-corrected chi connectivity index (χ2v) is 7.82. The van der Waals surface area contributed by atoms with Crippen LogP contribution in [-0.4, -0.2) is 34.3 Å². The summed E-state index contributed by atoms with van der Waals surface area (Å²) in [6.07, 6.45) is 4.12. The van der Waals surface area contributed by atoms with E-state index in [1.54, 1.807) is 24.6 Å². The summed E-state index contributed by atoms with van der Waals surface area (Å²) in [5.74, 6) is 0.430. The number of thiophene rings is 1.